The Kier molecular flexibility index (Phi) is 3.75. The summed E-state index contributed by atoms with van der Waals surface area (Å²) in [6, 6.07) is 0. The van der Waals surface area contributed by atoms with E-state index >= 15 is 0 Å². The first-order chi connectivity index (χ1) is 4.52. The lowest BCUT2D eigenvalue weighted by Crippen LogP contribution is -2.26. The van der Waals surface area contributed by atoms with Crippen LogP contribution in [-0.4, -0.2) is 39.7 Å². The van der Waals surface area contributed by atoms with E-state index in [1.54, 1.807) is 0 Å². The number of nitrogens with zero attached hydrogens (tertiary/aromatic N) is 1. The fourth-order valence-electron chi connectivity index (χ4n) is 0.349. The highest BCUT2D eigenvalue weighted by atomic mass is 35.5. The summed E-state index contributed by atoms with van der Waals surface area (Å²) in [6.07, 6.45) is 0. The Hall–Kier alpha value is -0.810. The Bertz CT molecular complexity index is 132. The van der Waals surface area contributed by atoms with Gasteiger partial charge in [-0.2, -0.15) is 4.42 Å². The van der Waals surface area contributed by atoms with Gasteiger partial charge in [0.15, 0.2) is 0 Å². The van der Waals surface area contributed by atoms with Crippen molar-refractivity contribution in [1.29, 1.82) is 0 Å². The minimum absolute atomic E-state index is 0.478. The zero-order chi connectivity index (χ0) is 8.15. The molecule has 0 radical (unpaired) electrons. The van der Waals surface area contributed by atoms with Crippen LogP contribution in [-0.2, 0) is 9.59 Å². The van der Waals surface area contributed by atoms with E-state index in [-0.39, 0.29) is 0 Å². The summed E-state index contributed by atoms with van der Waals surface area (Å²) in [6.45, 7) is -0.957. The largest absolute Gasteiger partial charge is 0.480 e. The molecule has 0 bridgehead atoms. The molecule has 2 N–H and O–H groups in total. The quantitative estimate of drug-likeness (QED) is 0.558. The molecule has 0 saturated carbocycles. The van der Waals surface area contributed by atoms with Crippen molar-refractivity contribution in [3.8, 4) is 0 Å². The van der Waals surface area contributed by atoms with Crippen LogP contribution in [0.5, 0.6) is 0 Å². The smallest absolute Gasteiger partial charge is 0.319 e. The predicted molar refractivity (Wildman–Crippen MR) is 32.7 cm³/mol. The first-order valence-corrected chi connectivity index (χ1v) is 2.70. The molecular weight excluding hydrogens is 162 g/mol. The van der Waals surface area contributed by atoms with Gasteiger partial charge in [0.2, 0.25) is 0 Å². The lowest BCUT2D eigenvalue weighted by molar-refractivity contribution is -0.139. The van der Waals surface area contributed by atoms with Crippen molar-refractivity contribution in [2.24, 2.45) is 0 Å². The molecular formula is C4H6ClNO4. The maximum Gasteiger partial charge on any atom is 0.319 e. The number of hydrogen-bond acceptors (Lipinski definition) is 3. The first kappa shape index (κ1) is 9.19. The lowest BCUT2D eigenvalue weighted by atomic mass is 10.6. The van der Waals surface area contributed by atoms with Crippen LogP contribution in [0.4, 0.5) is 0 Å². The highest BCUT2D eigenvalue weighted by Crippen LogP contribution is 1.91. The van der Waals surface area contributed by atoms with Crippen LogP contribution in [0.1, 0.15) is 0 Å². The van der Waals surface area contributed by atoms with Gasteiger partial charge in [-0.15, -0.1) is 0 Å². The zero-order valence-corrected chi connectivity index (χ0v) is 5.71. The SMILES string of the molecule is O=C(O)CN(Cl)CC(=O)O. The van der Waals surface area contributed by atoms with Crippen LogP contribution in [0.3, 0.4) is 0 Å². The second-order valence-corrected chi connectivity index (χ2v) is 2.04. The Balaban J connectivity index is 3.53. The van der Waals surface area contributed by atoms with E-state index in [0.29, 0.717) is 4.42 Å². The topological polar surface area (TPSA) is 77.8 Å². The molecule has 0 amide bonds. The summed E-state index contributed by atoms with van der Waals surface area (Å²) in [4.78, 5) is 19.7. The number of aliphatic carboxylic acids is 2. The normalized spacial score (nSPS) is 9.80. The van der Waals surface area contributed by atoms with E-state index in [4.69, 9.17) is 22.0 Å². The average Bonchev–Trinajstić information content (AvgIpc) is 1.58. The van der Waals surface area contributed by atoms with Gasteiger partial charge in [-0.3, -0.25) is 9.59 Å². The van der Waals surface area contributed by atoms with Crippen LogP contribution < -0.4 is 0 Å². The van der Waals surface area contributed by atoms with E-state index in [2.05, 4.69) is 0 Å². The van der Waals surface area contributed by atoms with Crippen LogP contribution >= 0.6 is 11.8 Å². The third-order valence-electron chi connectivity index (χ3n) is 0.614. The number of carboxylic acid groups (broad SMARTS) is 2. The Labute approximate surface area is 61.9 Å². The van der Waals surface area contributed by atoms with Crippen molar-refractivity contribution >= 4 is 23.7 Å². The van der Waals surface area contributed by atoms with E-state index in [1.807, 2.05) is 0 Å². The molecule has 0 aliphatic heterocycles. The molecule has 0 rings (SSSR count). The molecule has 10 heavy (non-hydrogen) atoms. The molecule has 5 nitrogen and oxygen atoms in total. The van der Waals surface area contributed by atoms with Gasteiger partial charge in [0.1, 0.15) is 13.1 Å². The molecule has 0 unspecified atom stereocenters. The highest BCUT2D eigenvalue weighted by Gasteiger charge is 2.09. The number of carboxylic acids is 2. The molecule has 0 aliphatic rings. The van der Waals surface area contributed by atoms with Crippen molar-refractivity contribution in [2.75, 3.05) is 13.1 Å². The van der Waals surface area contributed by atoms with E-state index in [0.717, 1.165) is 0 Å². The average molecular weight is 168 g/mol. The summed E-state index contributed by atoms with van der Waals surface area (Å²) in [5, 5.41) is 16.2. The third-order valence-corrected chi connectivity index (χ3v) is 0.853. The number of halogens is 1. The standard InChI is InChI=1S/C4H6ClNO4/c5-6(1-3(7)8)2-4(9)10/h1-2H2,(H,7,8)(H,9,10). The van der Waals surface area contributed by atoms with Crippen molar-refractivity contribution in [1.82, 2.24) is 4.42 Å². The van der Waals surface area contributed by atoms with E-state index in [9.17, 15) is 9.59 Å². The molecule has 0 heterocycles. The molecule has 0 aromatic rings. The maximum atomic E-state index is 9.87. The minimum atomic E-state index is -1.16. The van der Waals surface area contributed by atoms with Gasteiger partial charge in [0.05, 0.1) is 0 Å². The molecule has 0 spiro atoms. The molecule has 6 heteroatoms. The van der Waals surface area contributed by atoms with Gasteiger partial charge in [-0.1, -0.05) is 0 Å². The van der Waals surface area contributed by atoms with Crippen LogP contribution in [0.2, 0.25) is 0 Å². The Morgan fingerprint density at radius 3 is 1.70 bits per heavy atom. The zero-order valence-electron chi connectivity index (χ0n) is 4.95. The van der Waals surface area contributed by atoms with Gasteiger partial charge >= 0.3 is 11.9 Å². The van der Waals surface area contributed by atoms with Crippen molar-refractivity contribution in [3.63, 3.8) is 0 Å². The molecule has 0 aliphatic carbocycles. The molecule has 0 fully saturated rings. The summed E-state index contributed by atoms with van der Waals surface area (Å²) in [5.74, 6) is -2.31. The molecule has 0 aromatic heterocycles. The molecule has 0 atom stereocenters. The van der Waals surface area contributed by atoms with Crippen LogP contribution in [0.15, 0.2) is 0 Å². The van der Waals surface area contributed by atoms with Gasteiger partial charge in [0.25, 0.3) is 0 Å². The Morgan fingerprint density at radius 1 is 1.20 bits per heavy atom. The fraction of sp³-hybridized carbons (Fsp3) is 0.500. The highest BCUT2D eigenvalue weighted by molar-refractivity contribution is 6.15. The maximum absolute atomic E-state index is 9.87. The number of hydrogen-bond donors (Lipinski definition) is 2. The van der Waals surface area contributed by atoms with E-state index < -0.39 is 25.0 Å². The van der Waals surface area contributed by atoms with Gasteiger partial charge in [-0.25, -0.2) is 0 Å². The molecule has 58 valence electrons. The van der Waals surface area contributed by atoms with E-state index in [1.165, 1.54) is 0 Å². The summed E-state index contributed by atoms with van der Waals surface area (Å²) in [7, 11) is 0. The van der Waals surface area contributed by atoms with Gasteiger partial charge in [-0.05, 0) is 11.8 Å². The summed E-state index contributed by atoms with van der Waals surface area (Å²) >= 11 is 5.14. The van der Waals surface area contributed by atoms with Gasteiger partial charge in [0, 0.05) is 0 Å². The van der Waals surface area contributed by atoms with Gasteiger partial charge < -0.3 is 10.2 Å². The van der Waals surface area contributed by atoms with Crippen molar-refractivity contribution in [2.45, 2.75) is 0 Å². The van der Waals surface area contributed by atoms with Crippen LogP contribution in [0.25, 0.3) is 0 Å². The second-order valence-electron chi connectivity index (χ2n) is 1.57. The Morgan fingerprint density at radius 2 is 1.50 bits per heavy atom. The number of rotatable bonds is 4. The minimum Gasteiger partial charge on any atom is -0.480 e. The molecule has 0 saturated heterocycles. The summed E-state index contributed by atoms with van der Waals surface area (Å²) < 4.78 is 0.671. The number of carbonyl (C=O) groups is 2. The molecule has 0 aromatic carbocycles. The second kappa shape index (κ2) is 4.08. The lowest BCUT2D eigenvalue weighted by Gasteiger charge is -2.05. The third kappa shape index (κ3) is 5.33. The summed E-state index contributed by atoms with van der Waals surface area (Å²) in [5.41, 5.74) is 0. The van der Waals surface area contributed by atoms with Crippen LogP contribution in [0, 0.1) is 0 Å². The van der Waals surface area contributed by atoms with Crippen molar-refractivity contribution < 1.29 is 19.8 Å². The fourth-order valence-corrected chi connectivity index (χ4v) is 0.554. The predicted octanol–water partition coefficient (Wildman–Crippen LogP) is -0.389. The first-order valence-electron chi connectivity index (χ1n) is 2.36. The van der Waals surface area contributed by atoms with Crippen molar-refractivity contribution in [3.05, 3.63) is 0 Å². The monoisotopic (exact) mass is 167 g/mol.